The molecule has 1 aromatic carbocycles. The monoisotopic (exact) mass is 296 g/mol. The molecule has 1 aliphatic heterocycles. The highest BCUT2D eigenvalue weighted by atomic mass is 79.9. The molecule has 0 spiro atoms. The third-order valence-corrected chi connectivity index (χ3v) is 4.30. The number of hydrogen-bond acceptors (Lipinski definition) is 2. The van der Waals surface area contributed by atoms with Gasteiger partial charge in [-0.3, -0.25) is 9.69 Å². The Morgan fingerprint density at radius 1 is 1.59 bits per heavy atom. The van der Waals surface area contributed by atoms with E-state index in [1.807, 2.05) is 12.1 Å². The average Bonchev–Trinajstić information content (AvgIpc) is 2.73. The van der Waals surface area contributed by atoms with Crippen LogP contribution in [0.15, 0.2) is 22.7 Å². The molecule has 1 aromatic rings. The molecule has 0 radical (unpaired) electrons. The van der Waals surface area contributed by atoms with Crippen molar-refractivity contribution in [2.24, 2.45) is 5.73 Å². The first-order valence-electron chi connectivity index (χ1n) is 5.87. The molecule has 1 atom stereocenters. The Labute approximate surface area is 110 Å². The molecule has 1 fully saturated rings. The minimum atomic E-state index is -0.199. The van der Waals surface area contributed by atoms with Crippen LogP contribution in [0.3, 0.4) is 0 Å². The number of rotatable bonds is 3. The van der Waals surface area contributed by atoms with Crippen LogP contribution in [0, 0.1) is 6.92 Å². The van der Waals surface area contributed by atoms with E-state index in [9.17, 15) is 4.79 Å². The van der Waals surface area contributed by atoms with Gasteiger partial charge in [-0.1, -0.05) is 28.1 Å². The first-order valence-corrected chi connectivity index (χ1v) is 6.66. The van der Waals surface area contributed by atoms with E-state index in [-0.39, 0.29) is 11.9 Å². The minimum absolute atomic E-state index is 0.0895. The lowest BCUT2D eigenvalue weighted by Crippen LogP contribution is -2.39. The number of likely N-dealkylation sites (tertiary alicyclic amines) is 1. The maximum absolute atomic E-state index is 11.3. The highest BCUT2D eigenvalue weighted by Gasteiger charge is 2.28. The van der Waals surface area contributed by atoms with E-state index >= 15 is 0 Å². The summed E-state index contributed by atoms with van der Waals surface area (Å²) in [5.74, 6) is -0.199. The zero-order valence-electron chi connectivity index (χ0n) is 9.95. The van der Waals surface area contributed by atoms with Crippen LogP contribution in [-0.4, -0.2) is 23.4 Å². The molecule has 1 amide bonds. The van der Waals surface area contributed by atoms with Crippen molar-refractivity contribution in [1.82, 2.24) is 4.90 Å². The predicted octanol–water partition coefficient (Wildman–Crippen LogP) is 2.21. The maximum Gasteiger partial charge on any atom is 0.234 e. The maximum atomic E-state index is 11.3. The third kappa shape index (κ3) is 2.69. The van der Waals surface area contributed by atoms with Gasteiger partial charge in [0.05, 0.1) is 6.04 Å². The van der Waals surface area contributed by atoms with Gasteiger partial charge in [0.15, 0.2) is 0 Å². The summed E-state index contributed by atoms with van der Waals surface area (Å²) >= 11 is 3.53. The van der Waals surface area contributed by atoms with Crippen molar-refractivity contribution in [2.45, 2.75) is 32.4 Å². The lowest BCUT2D eigenvalue weighted by atomic mass is 10.1. The largest absolute Gasteiger partial charge is 0.368 e. The second-order valence-corrected chi connectivity index (χ2v) is 5.41. The molecular formula is C13H17BrN2O. The van der Waals surface area contributed by atoms with Crippen LogP contribution in [-0.2, 0) is 11.3 Å². The molecule has 17 heavy (non-hydrogen) atoms. The molecule has 1 heterocycles. The predicted molar refractivity (Wildman–Crippen MR) is 71.5 cm³/mol. The molecule has 92 valence electrons. The Balaban J connectivity index is 2.15. The van der Waals surface area contributed by atoms with Gasteiger partial charge in [-0.05, 0) is 43.5 Å². The second-order valence-electron chi connectivity index (χ2n) is 4.55. The van der Waals surface area contributed by atoms with Crippen molar-refractivity contribution < 1.29 is 4.79 Å². The van der Waals surface area contributed by atoms with Crippen LogP contribution < -0.4 is 5.73 Å². The van der Waals surface area contributed by atoms with Crippen molar-refractivity contribution in [3.05, 3.63) is 33.8 Å². The summed E-state index contributed by atoms with van der Waals surface area (Å²) in [7, 11) is 0. The summed E-state index contributed by atoms with van der Waals surface area (Å²) in [6, 6.07) is 6.08. The number of nitrogens with two attached hydrogens (primary N) is 1. The van der Waals surface area contributed by atoms with Crippen molar-refractivity contribution in [2.75, 3.05) is 6.54 Å². The molecule has 2 N–H and O–H groups in total. The van der Waals surface area contributed by atoms with Gasteiger partial charge in [-0.25, -0.2) is 0 Å². The molecule has 0 bridgehead atoms. The Morgan fingerprint density at radius 3 is 3.06 bits per heavy atom. The average molecular weight is 297 g/mol. The summed E-state index contributed by atoms with van der Waals surface area (Å²) in [5.41, 5.74) is 7.92. The van der Waals surface area contributed by atoms with Crippen molar-refractivity contribution >= 4 is 21.8 Å². The molecule has 3 nitrogen and oxygen atoms in total. The number of benzene rings is 1. The fourth-order valence-electron chi connectivity index (χ4n) is 2.38. The van der Waals surface area contributed by atoms with Gasteiger partial charge in [-0.2, -0.15) is 0 Å². The summed E-state index contributed by atoms with van der Waals surface area (Å²) in [4.78, 5) is 13.5. The molecule has 1 aliphatic rings. The van der Waals surface area contributed by atoms with Gasteiger partial charge in [0.2, 0.25) is 5.91 Å². The number of hydrogen-bond donors (Lipinski definition) is 1. The molecule has 2 rings (SSSR count). The van der Waals surface area contributed by atoms with Gasteiger partial charge in [-0.15, -0.1) is 0 Å². The van der Waals surface area contributed by atoms with E-state index < -0.39 is 0 Å². The highest BCUT2D eigenvalue weighted by Crippen LogP contribution is 2.24. The lowest BCUT2D eigenvalue weighted by molar-refractivity contribution is -0.122. The quantitative estimate of drug-likeness (QED) is 0.929. The van der Waals surface area contributed by atoms with E-state index in [4.69, 9.17) is 5.73 Å². The molecule has 4 heteroatoms. The Bertz CT molecular complexity index is 433. The van der Waals surface area contributed by atoms with Crippen LogP contribution in [0.2, 0.25) is 0 Å². The number of amides is 1. The van der Waals surface area contributed by atoms with Crippen LogP contribution in [0.25, 0.3) is 0 Å². The zero-order valence-corrected chi connectivity index (χ0v) is 11.5. The number of halogens is 1. The normalized spacial score (nSPS) is 20.7. The molecule has 0 aliphatic carbocycles. The summed E-state index contributed by atoms with van der Waals surface area (Å²) in [5, 5.41) is 0. The Morgan fingerprint density at radius 2 is 2.35 bits per heavy atom. The SMILES string of the molecule is Cc1c(Br)cccc1CN1CCC[C@H]1C(N)=O. The Hall–Kier alpha value is -0.870. The third-order valence-electron chi connectivity index (χ3n) is 3.45. The summed E-state index contributed by atoms with van der Waals surface area (Å²) in [6.45, 7) is 3.85. The van der Waals surface area contributed by atoms with Gasteiger partial charge in [0.1, 0.15) is 0 Å². The fraction of sp³-hybridized carbons (Fsp3) is 0.462. The van der Waals surface area contributed by atoms with Gasteiger partial charge < -0.3 is 5.73 Å². The molecule has 0 unspecified atom stereocenters. The number of nitrogens with zero attached hydrogens (tertiary/aromatic N) is 1. The minimum Gasteiger partial charge on any atom is -0.368 e. The topological polar surface area (TPSA) is 46.3 Å². The molecule has 0 saturated carbocycles. The summed E-state index contributed by atoms with van der Waals surface area (Å²) in [6.07, 6.45) is 1.95. The number of primary amides is 1. The van der Waals surface area contributed by atoms with Crippen molar-refractivity contribution in [1.29, 1.82) is 0 Å². The highest BCUT2D eigenvalue weighted by molar-refractivity contribution is 9.10. The first-order chi connectivity index (χ1) is 8.09. The molecular weight excluding hydrogens is 280 g/mol. The Kier molecular flexibility index (Phi) is 3.84. The number of carbonyl (C=O) groups excluding carboxylic acids is 1. The van der Waals surface area contributed by atoms with Gasteiger partial charge in [0, 0.05) is 11.0 Å². The lowest BCUT2D eigenvalue weighted by Gasteiger charge is -2.22. The molecule has 1 saturated heterocycles. The van der Waals surface area contributed by atoms with Crippen LogP contribution >= 0.6 is 15.9 Å². The summed E-state index contributed by atoms with van der Waals surface area (Å²) < 4.78 is 1.12. The van der Waals surface area contributed by atoms with Crippen molar-refractivity contribution in [3.8, 4) is 0 Å². The van der Waals surface area contributed by atoms with E-state index in [0.29, 0.717) is 0 Å². The van der Waals surface area contributed by atoms with Crippen molar-refractivity contribution in [3.63, 3.8) is 0 Å². The fourth-order valence-corrected chi connectivity index (χ4v) is 2.79. The smallest absolute Gasteiger partial charge is 0.234 e. The first kappa shape index (κ1) is 12.6. The van der Waals surface area contributed by atoms with E-state index in [2.05, 4.69) is 33.8 Å². The van der Waals surface area contributed by atoms with Gasteiger partial charge >= 0.3 is 0 Å². The standard InChI is InChI=1S/C13H17BrN2O/c1-9-10(4-2-5-11(9)14)8-16-7-3-6-12(16)13(15)17/h2,4-5,12H,3,6-8H2,1H3,(H2,15,17)/t12-/m0/s1. The van der Waals surface area contributed by atoms with Crippen LogP contribution in [0.4, 0.5) is 0 Å². The van der Waals surface area contributed by atoms with E-state index in [0.717, 1.165) is 30.4 Å². The molecule has 0 aromatic heterocycles. The van der Waals surface area contributed by atoms with E-state index in [1.165, 1.54) is 11.1 Å². The van der Waals surface area contributed by atoms with E-state index in [1.54, 1.807) is 0 Å². The number of carbonyl (C=O) groups is 1. The zero-order chi connectivity index (χ0) is 12.4. The second kappa shape index (κ2) is 5.19. The van der Waals surface area contributed by atoms with Crippen LogP contribution in [0.1, 0.15) is 24.0 Å². The van der Waals surface area contributed by atoms with Crippen LogP contribution in [0.5, 0.6) is 0 Å². The van der Waals surface area contributed by atoms with Gasteiger partial charge in [0.25, 0.3) is 0 Å².